The van der Waals surface area contributed by atoms with Crippen LogP contribution in [0.2, 0.25) is 0 Å². The lowest BCUT2D eigenvalue weighted by Gasteiger charge is -2.18. The van der Waals surface area contributed by atoms with Crippen LogP contribution in [0.1, 0.15) is 20.3 Å². The lowest BCUT2D eigenvalue weighted by atomic mass is 10.0. The molecule has 1 aromatic carbocycles. The van der Waals surface area contributed by atoms with Gasteiger partial charge in [0.15, 0.2) is 0 Å². The number of rotatable bonds is 9. The second kappa shape index (κ2) is 9.73. The molecule has 2 N–H and O–H groups in total. The average molecular weight is 426 g/mol. The summed E-state index contributed by atoms with van der Waals surface area (Å²) in [5, 5.41) is 2.37. The van der Waals surface area contributed by atoms with Gasteiger partial charge in [0.2, 0.25) is 15.9 Å². The van der Waals surface area contributed by atoms with Gasteiger partial charge in [-0.3, -0.25) is 4.79 Å². The first kappa shape index (κ1) is 23.7. The van der Waals surface area contributed by atoms with E-state index in [4.69, 9.17) is 0 Å². The van der Waals surface area contributed by atoms with Crippen LogP contribution in [0, 0.1) is 5.92 Å². The molecule has 0 fully saturated rings. The highest BCUT2D eigenvalue weighted by atomic mass is 32.2. The summed E-state index contributed by atoms with van der Waals surface area (Å²) < 4.78 is 70.9. The van der Waals surface area contributed by atoms with Gasteiger partial charge >= 0.3 is 12.3 Å². The van der Waals surface area contributed by atoms with Crippen molar-refractivity contribution in [2.75, 3.05) is 13.7 Å². The molecule has 0 saturated carbocycles. The Kier molecular flexibility index (Phi) is 8.24. The van der Waals surface area contributed by atoms with Crippen LogP contribution in [-0.4, -0.2) is 46.4 Å². The molecule has 0 aliphatic carbocycles. The number of sulfonamides is 1. The quantitative estimate of drug-likeness (QED) is 0.580. The summed E-state index contributed by atoms with van der Waals surface area (Å²) in [6, 6.07) is 2.53. The highest BCUT2D eigenvalue weighted by Gasteiger charge is 2.31. The van der Waals surface area contributed by atoms with Crippen molar-refractivity contribution in [2.24, 2.45) is 5.92 Å². The molecule has 0 radical (unpaired) electrons. The van der Waals surface area contributed by atoms with Gasteiger partial charge in [0.1, 0.15) is 11.8 Å². The lowest BCUT2D eigenvalue weighted by molar-refractivity contribution is -0.274. The smallest absolute Gasteiger partial charge is 0.467 e. The van der Waals surface area contributed by atoms with Crippen molar-refractivity contribution in [2.45, 2.75) is 37.6 Å². The van der Waals surface area contributed by atoms with Gasteiger partial charge < -0.3 is 14.8 Å². The van der Waals surface area contributed by atoms with Gasteiger partial charge in [0, 0.05) is 0 Å². The number of halogens is 3. The van der Waals surface area contributed by atoms with Crippen molar-refractivity contribution in [3.05, 3.63) is 24.3 Å². The van der Waals surface area contributed by atoms with Gasteiger partial charge in [-0.15, -0.1) is 13.2 Å². The number of nitrogens with one attached hydrogen (secondary N) is 2. The Balaban J connectivity index is 2.71. The van der Waals surface area contributed by atoms with Gasteiger partial charge in [-0.2, -0.15) is 0 Å². The van der Waals surface area contributed by atoms with E-state index in [0.29, 0.717) is 6.42 Å². The first-order valence-corrected chi connectivity index (χ1v) is 9.55. The minimum absolute atomic E-state index is 0.0681. The van der Waals surface area contributed by atoms with Crippen LogP contribution in [-0.2, 0) is 24.3 Å². The highest BCUT2D eigenvalue weighted by molar-refractivity contribution is 7.89. The van der Waals surface area contributed by atoms with Crippen molar-refractivity contribution < 1.29 is 40.7 Å². The Morgan fingerprint density at radius 2 is 1.71 bits per heavy atom. The number of alkyl halides is 3. The van der Waals surface area contributed by atoms with Crippen molar-refractivity contribution >= 4 is 21.9 Å². The topological polar surface area (TPSA) is 111 Å². The lowest BCUT2D eigenvalue weighted by Crippen LogP contribution is -2.46. The zero-order chi connectivity index (χ0) is 21.5. The molecular formula is C16H21F3N2O6S. The summed E-state index contributed by atoms with van der Waals surface area (Å²) in [6.45, 7) is 2.99. The molecule has 8 nitrogen and oxygen atoms in total. The fourth-order valence-electron chi connectivity index (χ4n) is 2.14. The first-order valence-electron chi connectivity index (χ1n) is 8.06. The minimum Gasteiger partial charge on any atom is -0.467 e. The van der Waals surface area contributed by atoms with E-state index in [1.165, 1.54) is 0 Å². The molecule has 28 heavy (non-hydrogen) atoms. The minimum atomic E-state index is -4.90. The Morgan fingerprint density at radius 1 is 1.14 bits per heavy atom. The fourth-order valence-corrected chi connectivity index (χ4v) is 3.12. The fraction of sp³-hybridized carbons (Fsp3) is 0.500. The number of hydrogen-bond donors (Lipinski definition) is 2. The Morgan fingerprint density at radius 3 is 2.18 bits per heavy atom. The molecule has 0 saturated heterocycles. The van der Waals surface area contributed by atoms with E-state index in [0.717, 1.165) is 31.4 Å². The highest BCUT2D eigenvalue weighted by Crippen LogP contribution is 2.23. The van der Waals surface area contributed by atoms with Crippen LogP contribution in [0.25, 0.3) is 0 Å². The number of ether oxygens (including phenoxy) is 2. The van der Waals surface area contributed by atoms with E-state index in [1.807, 2.05) is 18.6 Å². The van der Waals surface area contributed by atoms with Crippen LogP contribution in [0.5, 0.6) is 5.75 Å². The second-order valence-electron chi connectivity index (χ2n) is 6.12. The average Bonchev–Trinajstić information content (AvgIpc) is 2.57. The second-order valence-corrected chi connectivity index (χ2v) is 7.88. The van der Waals surface area contributed by atoms with Gasteiger partial charge in [0.05, 0.1) is 18.6 Å². The van der Waals surface area contributed by atoms with Crippen molar-refractivity contribution in [1.82, 2.24) is 10.0 Å². The van der Waals surface area contributed by atoms with Crippen molar-refractivity contribution in [3.8, 4) is 5.75 Å². The summed E-state index contributed by atoms with van der Waals surface area (Å²) in [7, 11) is -3.00. The van der Waals surface area contributed by atoms with E-state index in [1.54, 1.807) is 0 Å². The first-order chi connectivity index (χ1) is 12.8. The molecular weight excluding hydrogens is 405 g/mol. The van der Waals surface area contributed by atoms with E-state index in [-0.39, 0.29) is 10.8 Å². The van der Waals surface area contributed by atoms with E-state index >= 15 is 0 Å². The zero-order valence-corrected chi connectivity index (χ0v) is 16.2. The number of benzene rings is 1. The van der Waals surface area contributed by atoms with Crippen LogP contribution < -0.4 is 14.8 Å². The molecule has 0 aliphatic heterocycles. The van der Waals surface area contributed by atoms with Gasteiger partial charge in [0.25, 0.3) is 0 Å². The van der Waals surface area contributed by atoms with Gasteiger partial charge in [-0.05, 0) is 36.6 Å². The largest absolute Gasteiger partial charge is 0.573 e. The number of methoxy groups -OCH3 is 1. The number of carbonyl (C=O) groups excluding carboxylic acids is 2. The molecule has 1 rings (SSSR count). The number of amides is 1. The van der Waals surface area contributed by atoms with E-state index in [2.05, 4.69) is 14.8 Å². The van der Waals surface area contributed by atoms with Crippen LogP contribution in [0.15, 0.2) is 29.2 Å². The summed E-state index contributed by atoms with van der Waals surface area (Å²) in [4.78, 5) is 23.3. The van der Waals surface area contributed by atoms with E-state index in [9.17, 15) is 31.2 Å². The zero-order valence-electron chi connectivity index (χ0n) is 15.4. The Hall–Kier alpha value is -2.34. The van der Waals surface area contributed by atoms with Crippen LogP contribution in [0.3, 0.4) is 0 Å². The predicted molar refractivity (Wildman–Crippen MR) is 91.7 cm³/mol. The molecule has 0 heterocycles. The van der Waals surface area contributed by atoms with Crippen molar-refractivity contribution in [1.29, 1.82) is 0 Å². The van der Waals surface area contributed by atoms with E-state index < -0.39 is 46.6 Å². The molecule has 0 bridgehead atoms. The molecule has 158 valence electrons. The van der Waals surface area contributed by atoms with Crippen LogP contribution in [0.4, 0.5) is 13.2 Å². The van der Waals surface area contributed by atoms with Crippen LogP contribution >= 0.6 is 0 Å². The third-order valence-electron chi connectivity index (χ3n) is 3.32. The number of carbonyl (C=O) groups is 2. The summed E-state index contributed by atoms with van der Waals surface area (Å²) >= 11 is 0. The molecule has 1 atom stereocenters. The monoisotopic (exact) mass is 426 g/mol. The van der Waals surface area contributed by atoms with Gasteiger partial charge in [-0.1, -0.05) is 13.8 Å². The number of hydrogen-bond acceptors (Lipinski definition) is 6. The molecule has 0 aliphatic rings. The third-order valence-corrected chi connectivity index (χ3v) is 4.74. The molecule has 0 spiro atoms. The standard InChI is InChI=1S/C16H21F3N2O6S/c1-10(2)8-13(15(23)26-3)21-14(22)9-20-28(24,25)12-6-4-11(5-7-12)27-16(17,18)19/h4-7,10,13,20H,8-9H2,1-3H3,(H,21,22)/t13-/m0/s1. The van der Waals surface area contributed by atoms with Gasteiger partial charge in [-0.25, -0.2) is 17.9 Å². The summed E-state index contributed by atoms with van der Waals surface area (Å²) in [6.07, 6.45) is -4.60. The molecule has 0 unspecified atom stereocenters. The SMILES string of the molecule is COC(=O)[C@H](CC(C)C)NC(=O)CNS(=O)(=O)c1ccc(OC(F)(F)F)cc1. The maximum Gasteiger partial charge on any atom is 0.573 e. The summed E-state index contributed by atoms with van der Waals surface area (Å²) in [5.41, 5.74) is 0. The molecule has 12 heteroatoms. The Labute approximate surface area is 160 Å². The maximum absolute atomic E-state index is 12.1. The Bertz CT molecular complexity index is 779. The summed E-state index contributed by atoms with van der Waals surface area (Å²) in [5.74, 6) is -1.95. The molecule has 1 aromatic rings. The maximum atomic E-state index is 12.1. The third kappa shape index (κ3) is 8.13. The normalized spacial score (nSPS) is 13.1. The number of esters is 1. The molecule has 0 aromatic heterocycles. The van der Waals surface area contributed by atoms with Crippen molar-refractivity contribution in [3.63, 3.8) is 0 Å². The predicted octanol–water partition coefficient (Wildman–Crippen LogP) is 1.57. The molecule has 1 amide bonds.